The lowest BCUT2D eigenvalue weighted by molar-refractivity contribution is 0.589. The molecule has 2 heteroatoms. The van der Waals surface area contributed by atoms with Crippen molar-refractivity contribution in [2.45, 2.75) is 51.9 Å². The molecule has 2 N–H and O–H groups in total. The van der Waals surface area contributed by atoms with Gasteiger partial charge in [-0.3, -0.25) is 0 Å². The molecule has 124 valence electrons. The Kier molecular flexibility index (Phi) is 5.89. The molecular formula is C21H28ClN. The predicted octanol–water partition coefficient (Wildman–Crippen LogP) is 5.48. The van der Waals surface area contributed by atoms with Crippen LogP contribution in [-0.4, -0.2) is 6.54 Å². The van der Waals surface area contributed by atoms with E-state index in [0.717, 1.165) is 17.9 Å². The van der Waals surface area contributed by atoms with Crippen molar-refractivity contribution in [1.82, 2.24) is 0 Å². The zero-order valence-electron chi connectivity index (χ0n) is 14.7. The molecular weight excluding hydrogens is 302 g/mol. The fourth-order valence-electron chi connectivity index (χ4n) is 2.88. The Morgan fingerprint density at radius 3 is 2.22 bits per heavy atom. The zero-order valence-corrected chi connectivity index (χ0v) is 15.5. The maximum Gasteiger partial charge on any atom is 0.0438 e. The Bertz CT molecular complexity index is 638. The number of nitrogens with two attached hydrogens (primary N) is 1. The Morgan fingerprint density at radius 1 is 1.04 bits per heavy atom. The van der Waals surface area contributed by atoms with Crippen LogP contribution >= 0.6 is 11.6 Å². The number of halogens is 1. The maximum absolute atomic E-state index is 6.23. The highest BCUT2D eigenvalue weighted by Gasteiger charge is 2.15. The SMILES string of the molecule is CCc1cc(C(CN)Cc2ccc(C(C)(C)C)cc2)ccc1Cl. The average molecular weight is 330 g/mol. The molecule has 1 nitrogen and oxygen atoms in total. The van der Waals surface area contributed by atoms with Gasteiger partial charge >= 0.3 is 0 Å². The first-order chi connectivity index (χ1) is 10.8. The van der Waals surface area contributed by atoms with Crippen LogP contribution in [0.15, 0.2) is 42.5 Å². The molecule has 0 amide bonds. The first-order valence-corrected chi connectivity index (χ1v) is 8.80. The number of aryl methyl sites for hydroxylation is 1. The summed E-state index contributed by atoms with van der Waals surface area (Å²) < 4.78 is 0. The summed E-state index contributed by atoms with van der Waals surface area (Å²) >= 11 is 6.23. The maximum atomic E-state index is 6.23. The molecule has 0 fully saturated rings. The summed E-state index contributed by atoms with van der Waals surface area (Å²) in [4.78, 5) is 0. The molecule has 0 heterocycles. The van der Waals surface area contributed by atoms with Gasteiger partial charge in [-0.2, -0.15) is 0 Å². The van der Waals surface area contributed by atoms with Crippen molar-refractivity contribution in [1.29, 1.82) is 0 Å². The largest absolute Gasteiger partial charge is 0.330 e. The van der Waals surface area contributed by atoms with Crippen LogP contribution in [0.4, 0.5) is 0 Å². The zero-order chi connectivity index (χ0) is 17.0. The average Bonchev–Trinajstić information content (AvgIpc) is 2.53. The predicted molar refractivity (Wildman–Crippen MR) is 101 cm³/mol. The number of benzene rings is 2. The molecule has 2 aromatic rings. The summed E-state index contributed by atoms with van der Waals surface area (Å²) in [5.74, 6) is 0.332. The quantitative estimate of drug-likeness (QED) is 0.771. The van der Waals surface area contributed by atoms with Crippen LogP contribution in [0.2, 0.25) is 5.02 Å². The van der Waals surface area contributed by atoms with E-state index in [1.54, 1.807) is 0 Å². The van der Waals surface area contributed by atoms with Gasteiger partial charge in [-0.05, 0) is 53.1 Å². The smallest absolute Gasteiger partial charge is 0.0438 e. The monoisotopic (exact) mass is 329 g/mol. The summed E-state index contributed by atoms with van der Waals surface area (Å²) in [6, 6.07) is 15.3. The third kappa shape index (κ3) is 4.59. The molecule has 0 aromatic heterocycles. The van der Waals surface area contributed by atoms with Gasteiger partial charge in [0.05, 0.1) is 0 Å². The summed E-state index contributed by atoms with van der Waals surface area (Å²) in [6.07, 6.45) is 1.91. The summed E-state index contributed by atoms with van der Waals surface area (Å²) in [5, 5.41) is 0.849. The van der Waals surface area contributed by atoms with Crippen LogP contribution in [-0.2, 0) is 18.3 Å². The molecule has 2 aromatic carbocycles. The third-order valence-electron chi connectivity index (χ3n) is 4.51. The molecule has 0 aliphatic heterocycles. The number of rotatable bonds is 5. The van der Waals surface area contributed by atoms with Crippen LogP contribution in [0.5, 0.6) is 0 Å². The summed E-state index contributed by atoms with van der Waals surface area (Å²) in [6.45, 7) is 9.50. The molecule has 0 spiro atoms. The van der Waals surface area contributed by atoms with E-state index < -0.39 is 0 Å². The van der Waals surface area contributed by atoms with E-state index in [-0.39, 0.29) is 5.41 Å². The van der Waals surface area contributed by atoms with Gasteiger partial charge in [-0.15, -0.1) is 0 Å². The lowest BCUT2D eigenvalue weighted by atomic mass is 9.85. The van der Waals surface area contributed by atoms with Gasteiger partial charge < -0.3 is 5.73 Å². The molecule has 2 rings (SSSR count). The second-order valence-electron chi connectivity index (χ2n) is 7.29. The van der Waals surface area contributed by atoms with Gasteiger partial charge in [0.15, 0.2) is 0 Å². The van der Waals surface area contributed by atoms with Gasteiger partial charge in [0.2, 0.25) is 0 Å². The highest BCUT2D eigenvalue weighted by atomic mass is 35.5. The van der Waals surface area contributed by atoms with Crippen molar-refractivity contribution in [3.8, 4) is 0 Å². The highest BCUT2D eigenvalue weighted by Crippen LogP contribution is 2.27. The second-order valence-corrected chi connectivity index (χ2v) is 7.70. The molecule has 0 saturated carbocycles. The van der Waals surface area contributed by atoms with Crippen LogP contribution in [0.25, 0.3) is 0 Å². The topological polar surface area (TPSA) is 26.0 Å². The fourth-order valence-corrected chi connectivity index (χ4v) is 3.13. The molecule has 1 atom stereocenters. The van der Waals surface area contributed by atoms with Crippen molar-refractivity contribution >= 4 is 11.6 Å². The van der Waals surface area contributed by atoms with Crippen molar-refractivity contribution < 1.29 is 0 Å². The van der Waals surface area contributed by atoms with E-state index in [9.17, 15) is 0 Å². The molecule has 0 saturated heterocycles. The molecule has 0 bridgehead atoms. The van der Waals surface area contributed by atoms with E-state index >= 15 is 0 Å². The first kappa shape index (κ1) is 18.0. The normalized spacial score (nSPS) is 13.1. The third-order valence-corrected chi connectivity index (χ3v) is 4.88. The Labute approximate surface area is 145 Å². The summed E-state index contributed by atoms with van der Waals surface area (Å²) in [7, 11) is 0. The highest BCUT2D eigenvalue weighted by molar-refractivity contribution is 6.31. The van der Waals surface area contributed by atoms with Gasteiger partial charge in [-0.1, -0.05) is 75.7 Å². The van der Waals surface area contributed by atoms with Gasteiger partial charge in [0, 0.05) is 10.9 Å². The van der Waals surface area contributed by atoms with E-state index in [0.29, 0.717) is 12.5 Å². The minimum atomic E-state index is 0.192. The Morgan fingerprint density at radius 2 is 1.70 bits per heavy atom. The van der Waals surface area contributed by atoms with Crippen molar-refractivity contribution in [2.24, 2.45) is 5.73 Å². The van der Waals surface area contributed by atoms with Crippen molar-refractivity contribution in [2.75, 3.05) is 6.54 Å². The van der Waals surface area contributed by atoms with Gasteiger partial charge in [0.25, 0.3) is 0 Å². The van der Waals surface area contributed by atoms with Gasteiger partial charge in [0.1, 0.15) is 0 Å². The van der Waals surface area contributed by atoms with E-state index in [1.165, 1.54) is 22.3 Å². The van der Waals surface area contributed by atoms with Crippen LogP contribution in [0.3, 0.4) is 0 Å². The number of hydrogen-bond acceptors (Lipinski definition) is 1. The minimum Gasteiger partial charge on any atom is -0.330 e. The lowest BCUT2D eigenvalue weighted by Gasteiger charge is -2.20. The van der Waals surface area contributed by atoms with Gasteiger partial charge in [-0.25, -0.2) is 0 Å². The minimum absolute atomic E-state index is 0.192. The van der Waals surface area contributed by atoms with Crippen molar-refractivity contribution in [3.63, 3.8) is 0 Å². The Hall–Kier alpha value is -1.31. The van der Waals surface area contributed by atoms with Crippen LogP contribution in [0.1, 0.15) is 55.9 Å². The standard InChI is InChI=1S/C21H28ClN/c1-5-16-13-17(8-11-20(16)22)18(14-23)12-15-6-9-19(10-7-15)21(2,3)4/h6-11,13,18H,5,12,14,23H2,1-4H3. The molecule has 1 unspecified atom stereocenters. The first-order valence-electron chi connectivity index (χ1n) is 8.43. The van der Waals surface area contributed by atoms with E-state index in [4.69, 9.17) is 17.3 Å². The molecule has 0 aliphatic carbocycles. The number of hydrogen-bond donors (Lipinski definition) is 1. The summed E-state index contributed by atoms with van der Waals surface area (Å²) in [5.41, 5.74) is 11.4. The lowest BCUT2D eigenvalue weighted by Crippen LogP contribution is -2.16. The molecule has 0 aliphatic rings. The molecule has 23 heavy (non-hydrogen) atoms. The van der Waals surface area contributed by atoms with Crippen molar-refractivity contribution in [3.05, 3.63) is 69.7 Å². The van der Waals surface area contributed by atoms with Crippen LogP contribution in [0, 0.1) is 0 Å². The Balaban J connectivity index is 2.19. The molecule has 0 radical (unpaired) electrons. The fraction of sp³-hybridized carbons (Fsp3) is 0.429. The van der Waals surface area contributed by atoms with E-state index in [1.807, 2.05) is 6.07 Å². The second kappa shape index (κ2) is 7.51. The van der Waals surface area contributed by atoms with E-state index in [2.05, 4.69) is 64.1 Å². The van der Waals surface area contributed by atoms with Crippen LogP contribution < -0.4 is 5.73 Å².